The number of ether oxygens (including phenoxy) is 1. The van der Waals surface area contributed by atoms with Crippen LogP contribution in [0.4, 0.5) is 0 Å². The van der Waals surface area contributed by atoms with E-state index in [1.807, 2.05) is 12.5 Å². The van der Waals surface area contributed by atoms with E-state index in [4.69, 9.17) is 4.74 Å². The molecule has 0 amide bonds. The summed E-state index contributed by atoms with van der Waals surface area (Å²) >= 11 is 0. The molecule has 0 spiro atoms. The summed E-state index contributed by atoms with van der Waals surface area (Å²) in [4.78, 5) is 6.91. The van der Waals surface area contributed by atoms with Gasteiger partial charge in [-0.15, -0.1) is 0 Å². The van der Waals surface area contributed by atoms with E-state index in [9.17, 15) is 5.11 Å². The molecule has 0 saturated heterocycles. The Balaban J connectivity index is 2.25. The highest BCUT2D eigenvalue weighted by Crippen LogP contribution is 2.20. The molecule has 0 aliphatic heterocycles. The maximum absolute atomic E-state index is 10.7. The molecule has 1 heterocycles. The van der Waals surface area contributed by atoms with Crippen molar-refractivity contribution in [3.8, 4) is 0 Å². The van der Waals surface area contributed by atoms with Crippen LogP contribution in [0.25, 0.3) is 0 Å². The van der Waals surface area contributed by atoms with Crippen molar-refractivity contribution in [2.24, 2.45) is 0 Å². The molecule has 45 heavy (non-hydrogen) atoms. The number of unbranched alkanes of at least 4 members (excludes halogenated alkanes) is 20. The van der Waals surface area contributed by atoms with Crippen LogP contribution in [0.15, 0.2) is 18.7 Å². The lowest BCUT2D eigenvalue weighted by molar-refractivity contribution is -0.144. The lowest BCUT2D eigenvalue weighted by atomic mass is 10.0. The first-order valence-corrected chi connectivity index (χ1v) is 20.2. The average Bonchev–Trinajstić information content (AvgIpc) is 3.56. The molecule has 266 valence electrons. The summed E-state index contributed by atoms with van der Waals surface area (Å²) in [5.41, 5.74) is 0. The number of aliphatic hydroxyl groups excluding tert-OH is 1. The normalized spacial score (nSPS) is 12.6. The summed E-state index contributed by atoms with van der Waals surface area (Å²) in [5.74, 6) is 0. The van der Waals surface area contributed by atoms with E-state index in [1.165, 1.54) is 174 Å². The molecule has 1 N–H and O–H groups in total. The Bertz CT molecular complexity index is 667. The molecule has 0 saturated carbocycles. The van der Waals surface area contributed by atoms with Gasteiger partial charge in [-0.05, 0) is 64.6 Å². The summed E-state index contributed by atoms with van der Waals surface area (Å²) in [7, 11) is 0. The second kappa shape index (κ2) is 33.0. The van der Waals surface area contributed by atoms with Gasteiger partial charge in [0, 0.05) is 18.9 Å². The molecule has 0 bridgehead atoms. The molecule has 5 nitrogen and oxygen atoms in total. The molecule has 0 radical (unpaired) electrons. The number of nitrogens with zero attached hydrogens (tertiary/aromatic N) is 3. The molecule has 1 rings (SSSR count). The first-order valence-electron chi connectivity index (χ1n) is 20.2. The fourth-order valence-electron chi connectivity index (χ4n) is 6.58. The summed E-state index contributed by atoms with van der Waals surface area (Å²) in [6.07, 6.45) is 41.5. The molecule has 0 aromatic carbocycles. The van der Waals surface area contributed by atoms with Crippen LogP contribution in [0.5, 0.6) is 0 Å². The van der Waals surface area contributed by atoms with Crippen molar-refractivity contribution in [2.75, 3.05) is 19.6 Å². The standard InChI is InChI=1S/C40H79N3O2/c1-4-7-10-13-16-21-26-33-42(35-28-36-43-37-32-41-38-43)34-27-22-17-20-25-31-40(44)45-39(29-23-18-14-11-8-5-2)30-24-19-15-12-9-6-3/h32,37-40,44H,4-31,33-36H2,1-3H3. The Labute approximate surface area is 281 Å². The third kappa shape index (κ3) is 27.9. The van der Waals surface area contributed by atoms with E-state index in [1.54, 1.807) is 0 Å². The Kier molecular flexibility index (Phi) is 30.9. The topological polar surface area (TPSA) is 50.5 Å². The van der Waals surface area contributed by atoms with Crippen LogP contribution in [0.1, 0.15) is 201 Å². The second-order valence-electron chi connectivity index (χ2n) is 14.0. The van der Waals surface area contributed by atoms with E-state index in [0.29, 0.717) is 0 Å². The first kappa shape index (κ1) is 42.1. The van der Waals surface area contributed by atoms with Gasteiger partial charge in [0.1, 0.15) is 0 Å². The number of hydrogen-bond acceptors (Lipinski definition) is 4. The predicted molar refractivity (Wildman–Crippen MR) is 196 cm³/mol. The Morgan fingerprint density at radius 1 is 0.556 bits per heavy atom. The van der Waals surface area contributed by atoms with Gasteiger partial charge in [0.2, 0.25) is 0 Å². The van der Waals surface area contributed by atoms with E-state index in [2.05, 4.69) is 41.4 Å². The fourth-order valence-corrected chi connectivity index (χ4v) is 6.58. The molecule has 0 fully saturated rings. The van der Waals surface area contributed by atoms with Gasteiger partial charge < -0.3 is 19.3 Å². The minimum absolute atomic E-state index is 0.244. The van der Waals surface area contributed by atoms with Crippen LogP contribution < -0.4 is 0 Å². The fraction of sp³-hybridized carbons (Fsp3) is 0.925. The summed E-state index contributed by atoms with van der Waals surface area (Å²) in [5, 5.41) is 10.7. The largest absolute Gasteiger partial charge is 0.368 e. The number of imidazole rings is 1. The number of hydrogen-bond donors (Lipinski definition) is 1. The van der Waals surface area contributed by atoms with Gasteiger partial charge in [-0.3, -0.25) is 0 Å². The molecule has 5 heteroatoms. The van der Waals surface area contributed by atoms with E-state index in [-0.39, 0.29) is 6.10 Å². The molecular weight excluding hydrogens is 554 g/mol. The minimum Gasteiger partial charge on any atom is -0.368 e. The van der Waals surface area contributed by atoms with Gasteiger partial charge in [0.15, 0.2) is 6.29 Å². The monoisotopic (exact) mass is 634 g/mol. The molecule has 0 aliphatic carbocycles. The molecule has 1 unspecified atom stereocenters. The zero-order valence-electron chi connectivity index (χ0n) is 30.7. The number of rotatable bonds is 36. The van der Waals surface area contributed by atoms with Gasteiger partial charge in [-0.1, -0.05) is 156 Å². The minimum atomic E-state index is -0.580. The van der Waals surface area contributed by atoms with Gasteiger partial charge in [-0.2, -0.15) is 0 Å². The van der Waals surface area contributed by atoms with Gasteiger partial charge in [0.05, 0.1) is 12.4 Å². The smallest absolute Gasteiger partial charge is 0.154 e. The van der Waals surface area contributed by atoms with Crippen molar-refractivity contribution in [3.05, 3.63) is 18.7 Å². The third-order valence-corrected chi connectivity index (χ3v) is 9.56. The highest BCUT2D eigenvalue weighted by Gasteiger charge is 2.14. The van der Waals surface area contributed by atoms with Crippen molar-refractivity contribution in [1.29, 1.82) is 0 Å². The van der Waals surface area contributed by atoms with Crippen LogP contribution in [-0.2, 0) is 11.3 Å². The Hall–Kier alpha value is -0.910. The van der Waals surface area contributed by atoms with E-state index in [0.717, 1.165) is 32.2 Å². The summed E-state index contributed by atoms with van der Waals surface area (Å²) in [6.45, 7) is 11.6. The lowest BCUT2D eigenvalue weighted by Gasteiger charge is -2.23. The zero-order valence-corrected chi connectivity index (χ0v) is 30.7. The quantitative estimate of drug-likeness (QED) is 0.0590. The average molecular weight is 634 g/mol. The van der Waals surface area contributed by atoms with Crippen LogP contribution in [0, 0.1) is 0 Å². The van der Waals surface area contributed by atoms with Crippen LogP contribution in [0.2, 0.25) is 0 Å². The zero-order chi connectivity index (χ0) is 32.5. The summed E-state index contributed by atoms with van der Waals surface area (Å²) in [6, 6.07) is 0. The van der Waals surface area contributed by atoms with Crippen molar-refractivity contribution in [2.45, 2.75) is 219 Å². The van der Waals surface area contributed by atoms with Crippen molar-refractivity contribution >= 4 is 0 Å². The molecule has 0 aliphatic rings. The Morgan fingerprint density at radius 2 is 0.978 bits per heavy atom. The molecule has 1 aromatic rings. The maximum Gasteiger partial charge on any atom is 0.154 e. The van der Waals surface area contributed by atoms with Crippen molar-refractivity contribution in [1.82, 2.24) is 14.5 Å². The SMILES string of the molecule is CCCCCCCCCN(CCCCCCCC(O)OC(CCCCCCCC)CCCCCCCC)CCCn1ccnc1. The van der Waals surface area contributed by atoms with Crippen LogP contribution >= 0.6 is 0 Å². The second-order valence-corrected chi connectivity index (χ2v) is 14.0. The lowest BCUT2D eigenvalue weighted by Crippen LogP contribution is -2.28. The Morgan fingerprint density at radius 3 is 1.44 bits per heavy atom. The van der Waals surface area contributed by atoms with Crippen molar-refractivity contribution < 1.29 is 9.84 Å². The number of aliphatic hydroxyl groups is 1. The first-order chi connectivity index (χ1) is 22.2. The summed E-state index contributed by atoms with van der Waals surface area (Å²) < 4.78 is 8.45. The van der Waals surface area contributed by atoms with Crippen LogP contribution in [0.3, 0.4) is 0 Å². The van der Waals surface area contributed by atoms with Gasteiger partial charge >= 0.3 is 0 Å². The highest BCUT2D eigenvalue weighted by molar-refractivity contribution is 4.74. The highest BCUT2D eigenvalue weighted by atomic mass is 16.6. The van der Waals surface area contributed by atoms with E-state index < -0.39 is 6.29 Å². The number of aryl methyl sites for hydroxylation is 1. The van der Waals surface area contributed by atoms with Crippen LogP contribution in [-0.4, -0.2) is 51.6 Å². The third-order valence-electron chi connectivity index (χ3n) is 9.56. The predicted octanol–water partition coefficient (Wildman–Crippen LogP) is 11.9. The van der Waals surface area contributed by atoms with Crippen molar-refractivity contribution in [3.63, 3.8) is 0 Å². The number of aromatic nitrogens is 2. The molecule has 1 atom stereocenters. The maximum atomic E-state index is 10.7. The van der Waals surface area contributed by atoms with Gasteiger partial charge in [-0.25, -0.2) is 4.98 Å². The van der Waals surface area contributed by atoms with Gasteiger partial charge in [0.25, 0.3) is 0 Å². The van der Waals surface area contributed by atoms with E-state index >= 15 is 0 Å². The molecule has 1 aromatic heterocycles. The molecular formula is C40H79N3O2.